The summed E-state index contributed by atoms with van der Waals surface area (Å²) in [5.74, 6) is 5.38. The van der Waals surface area contributed by atoms with Crippen LogP contribution in [0, 0.1) is 0 Å². The molecule has 94 valence electrons. The number of rotatable bonds is 5. The molecule has 1 aromatic rings. The zero-order valence-electron chi connectivity index (χ0n) is 10.00. The molecule has 0 aliphatic rings. The van der Waals surface area contributed by atoms with Crippen molar-refractivity contribution in [3.8, 4) is 5.75 Å². The fraction of sp³-hybridized carbons (Fsp3) is 0.417. The van der Waals surface area contributed by atoms with Gasteiger partial charge in [0.2, 0.25) is 0 Å². The standard InChI is InChI=1S/C12H17ClN2O2/c1-3-8-7-9(5-6-10(8)13)17-11(4-2)12(16)15-14/h5-7,11H,3-4,14H2,1-2H3,(H,15,16). The van der Waals surface area contributed by atoms with Gasteiger partial charge in [-0.05, 0) is 36.6 Å². The minimum absolute atomic E-state index is 0.333. The molecule has 3 N–H and O–H groups in total. The highest BCUT2D eigenvalue weighted by Crippen LogP contribution is 2.23. The number of benzene rings is 1. The first kappa shape index (κ1) is 13.8. The van der Waals surface area contributed by atoms with Gasteiger partial charge in [-0.2, -0.15) is 0 Å². The summed E-state index contributed by atoms with van der Waals surface area (Å²) in [5.41, 5.74) is 3.08. The lowest BCUT2D eigenvalue weighted by atomic mass is 10.1. The molecule has 0 heterocycles. The fourth-order valence-electron chi connectivity index (χ4n) is 1.47. The summed E-state index contributed by atoms with van der Waals surface area (Å²) in [5, 5.41) is 0.705. The summed E-state index contributed by atoms with van der Waals surface area (Å²) in [6.45, 7) is 3.87. The topological polar surface area (TPSA) is 64.3 Å². The largest absolute Gasteiger partial charge is 0.481 e. The molecule has 0 aromatic heterocycles. The van der Waals surface area contributed by atoms with Crippen LogP contribution in [0.3, 0.4) is 0 Å². The van der Waals surface area contributed by atoms with Crippen LogP contribution in [0.4, 0.5) is 0 Å². The lowest BCUT2D eigenvalue weighted by molar-refractivity contribution is -0.128. The predicted octanol–water partition coefficient (Wildman–Crippen LogP) is 2.05. The number of hydrogen-bond acceptors (Lipinski definition) is 3. The highest BCUT2D eigenvalue weighted by atomic mass is 35.5. The monoisotopic (exact) mass is 256 g/mol. The van der Waals surface area contributed by atoms with Crippen LogP contribution < -0.4 is 16.0 Å². The van der Waals surface area contributed by atoms with Gasteiger partial charge in [0.25, 0.3) is 5.91 Å². The van der Waals surface area contributed by atoms with E-state index in [4.69, 9.17) is 22.2 Å². The Balaban J connectivity index is 2.83. The van der Waals surface area contributed by atoms with E-state index in [0.717, 1.165) is 12.0 Å². The fourth-order valence-corrected chi connectivity index (χ4v) is 1.73. The lowest BCUT2D eigenvalue weighted by Gasteiger charge is -2.16. The third-order valence-electron chi connectivity index (χ3n) is 2.48. The van der Waals surface area contributed by atoms with Crippen LogP contribution >= 0.6 is 11.6 Å². The maximum Gasteiger partial charge on any atom is 0.274 e. The molecule has 5 heteroatoms. The smallest absolute Gasteiger partial charge is 0.274 e. The van der Waals surface area contributed by atoms with Crippen molar-refractivity contribution in [2.24, 2.45) is 5.84 Å². The molecule has 0 aliphatic heterocycles. The molecular formula is C12H17ClN2O2. The van der Waals surface area contributed by atoms with E-state index in [9.17, 15) is 4.79 Å². The summed E-state index contributed by atoms with van der Waals surface area (Å²) in [6, 6.07) is 5.35. The van der Waals surface area contributed by atoms with Crippen molar-refractivity contribution in [1.82, 2.24) is 5.43 Å². The number of nitrogens with two attached hydrogens (primary N) is 1. The zero-order chi connectivity index (χ0) is 12.8. The Kier molecular flexibility index (Phi) is 5.25. The number of ether oxygens (including phenoxy) is 1. The molecule has 1 aromatic carbocycles. The number of halogens is 1. The second-order valence-corrected chi connectivity index (χ2v) is 4.04. The summed E-state index contributed by atoms with van der Waals surface area (Å²) in [6.07, 6.45) is 0.786. The van der Waals surface area contributed by atoms with Crippen molar-refractivity contribution in [2.45, 2.75) is 32.8 Å². The first-order valence-corrected chi connectivity index (χ1v) is 5.95. The van der Waals surface area contributed by atoms with Crippen LogP contribution in [0.25, 0.3) is 0 Å². The van der Waals surface area contributed by atoms with Crippen LogP contribution in [-0.4, -0.2) is 12.0 Å². The number of carbonyl (C=O) groups excluding carboxylic acids is 1. The molecule has 0 aliphatic carbocycles. The number of amides is 1. The molecule has 0 bridgehead atoms. The van der Waals surface area contributed by atoms with Gasteiger partial charge >= 0.3 is 0 Å². The van der Waals surface area contributed by atoms with Gasteiger partial charge in [0.1, 0.15) is 5.75 Å². The van der Waals surface area contributed by atoms with Gasteiger partial charge in [0.15, 0.2) is 6.10 Å². The number of aryl methyl sites for hydroxylation is 1. The molecule has 17 heavy (non-hydrogen) atoms. The normalized spacial score (nSPS) is 12.0. The predicted molar refractivity (Wildman–Crippen MR) is 67.9 cm³/mol. The number of nitrogens with one attached hydrogen (secondary N) is 1. The first-order chi connectivity index (χ1) is 8.12. The van der Waals surface area contributed by atoms with Crippen molar-refractivity contribution in [1.29, 1.82) is 0 Å². The second-order valence-electron chi connectivity index (χ2n) is 3.63. The summed E-state index contributed by atoms with van der Waals surface area (Å²) in [7, 11) is 0. The van der Waals surface area contributed by atoms with Crippen LogP contribution in [0.2, 0.25) is 5.02 Å². The molecular weight excluding hydrogens is 240 g/mol. The average molecular weight is 257 g/mol. The Morgan fingerprint density at radius 2 is 2.24 bits per heavy atom. The quantitative estimate of drug-likeness (QED) is 0.481. The van der Waals surface area contributed by atoms with Crippen molar-refractivity contribution in [2.75, 3.05) is 0 Å². The summed E-state index contributed by atoms with van der Waals surface area (Å²) in [4.78, 5) is 11.4. The van der Waals surface area contributed by atoms with Crippen LogP contribution in [0.15, 0.2) is 18.2 Å². The Morgan fingerprint density at radius 1 is 1.53 bits per heavy atom. The molecule has 1 rings (SSSR count). The van der Waals surface area contributed by atoms with E-state index in [-0.39, 0.29) is 5.91 Å². The van der Waals surface area contributed by atoms with Crippen molar-refractivity contribution in [3.63, 3.8) is 0 Å². The molecule has 1 atom stereocenters. The molecule has 1 amide bonds. The molecule has 0 fully saturated rings. The Bertz CT molecular complexity index is 396. The minimum atomic E-state index is -0.578. The third kappa shape index (κ3) is 3.61. The SMILES string of the molecule is CCc1cc(OC(CC)C(=O)NN)ccc1Cl. The molecule has 4 nitrogen and oxygen atoms in total. The molecule has 0 saturated heterocycles. The summed E-state index contributed by atoms with van der Waals surface area (Å²) >= 11 is 6.00. The first-order valence-electron chi connectivity index (χ1n) is 5.57. The third-order valence-corrected chi connectivity index (χ3v) is 2.85. The van der Waals surface area contributed by atoms with Crippen LogP contribution in [-0.2, 0) is 11.2 Å². The maximum atomic E-state index is 11.4. The van der Waals surface area contributed by atoms with E-state index in [1.165, 1.54) is 0 Å². The van der Waals surface area contributed by atoms with Gasteiger partial charge in [-0.25, -0.2) is 5.84 Å². The Labute approximate surface area is 106 Å². The second kappa shape index (κ2) is 6.47. The van der Waals surface area contributed by atoms with E-state index in [1.54, 1.807) is 12.1 Å². The van der Waals surface area contributed by atoms with Gasteiger partial charge in [0.05, 0.1) is 0 Å². The van der Waals surface area contributed by atoms with Gasteiger partial charge in [-0.1, -0.05) is 25.4 Å². The Hall–Kier alpha value is -1.26. The molecule has 1 unspecified atom stereocenters. The van der Waals surface area contributed by atoms with E-state index in [0.29, 0.717) is 17.2 Å². The highest BCUT2D eigenvalue weighted by molar-refractivity contribution is 6.31. The van der Waals surface area contributed by atoms with E-state index in [2.05, 4.69) is 5.43 Å². The van der Waals surface area contributed by atoms with E-state index >= 15 is 0 Å². The van der Waals surface area contributed by atoms with Crippen LogP contribution in [0.1, 0.15) is 25.8 Å². The molecule has 0 radical (unpaired) electrons. The van der Waals surface area contributed by atoms with Crippen LogP contribution in [0.5, 0.6) is 5.75 Å². The van der Waals surface area contributed by atoms with Gasteiger partial charge in [0, 0.05) is 5.02 Å². The van der Waals surface area contributed by atoms with Gasteiger partial charge < -0.3 is 4.74 Å². The molecule has 0 spiro atoms. The maximum absolute atomic E-state index is 11.4. The summed E-state index contributed by atoms with van der Waals surface area (Å²) < 4.78 is 5.56. The van der Waals surface area contributed by atoms with Crippen molar-refractivity contribution < 1.29 is 9.53 Å². The number of carbonyl (C=O) groups is 1. The average Bonchev–Trinajstić information content (AvgIpc) is 2.36. The van der Waals surface area contributed by atoms with Crippen molar-refractivity contribution >= 4 is 17.5 Å². The number of hydrogen-bond donors (Lipinski definition) is 2. The molecule has 0 saturated carbocycles. The van der Waals surface area contributed by atoms with Gasteiger partial charge in [-0.15, -0.1) is 0 Å². The Morgan fingerprint density at radius 3 is 2.76 bits per heavy atom. The van der Waals surface area contributed by atoms with E-state index in [1.807, 2.05) is 19.9 Å². The zero-order valence-corrected chi connectivity index (χ0v) is 10.8. The van der Waals surface area contributed by atoms with E-state index < -0.39 is 6.10 Å². The van der Waals surface area contributed by atoms with Crippen molar-refractivity contribution in [3.05, 3.63) is 28.8 Å². The minimum Gasteiger partial charge on any atom is -0.481 e. The highest BCUT2D eigenvalue weighted by Gasteiger charge is 2.17. The lowest BCUT2D eigenvalue weighted by Crippen LogP contribution is -2.41. The van der Waals surface area contributed by atoms with Gasteiger partial charge in [-0.3, -0.25) is 10.2 Å². The number of hydrazine groups is 1.